The van der Waals surface area contributed by atoms with Crippen molar-refractivity contribution in [2.45, 2.75) is 36.7 Å². The fraction of sp³-hybridized carbons (Fsp3) is 0.231. The Labute approximate surface area is 203 Å². The molecule has 35 heavy (non-hydrogen) atoms. The summed E-state index contributed by atoms with van der Waals surface area (Å²) in [5.41, 5.74) is 8.17. The highest BCUT2D eigenvalue weighted by Crippen LogP contribution is 2.37. The van der Waals surface area contributed by atoms with Crippen LogP contribution in [0.25, 0.3) is 0 Å². The second-order valence-electron chi connectivity index (χ2n) is 8.88. The van der Waals surface area contributed by atoms with Crippen LogP contribution in [0.4, 0.5) is 10.1 Å². The van der Waals surface area contributed by atoms with Crippen LogP contribution >= 0.6 is 0 Å². The van der Waals surface area contributed by atoms with Crippen LogP contribution in [-0.2, 0) is 27.7 Å². The van der Waals surface area contributed by atoms with E-state index in [4.69, 9.17) is 5.73 Å². The van der Waals surface area contributed by atoms with E-state index in [1.165, 1.54) is 9.21 Å². The van der Waals surface area contributed by atoms with Crippen molar-refractivity contribution in [1.82, 2.24) is 4.90 Å². The number of hydrogen-bond donors (Lipinski definition) is 1. The number of sulfonamides is 1. The van der Waals surface area contributed by atoms with Gasteiger partial charge in [0.15, 0.2) is 0 Å². The molecule has 0 saturated heterocycles. The number of primary amides is 1. The molecule has 3 aromatic rings. The molecule has 2 aliphatic heterocycles. The molecule has 2 heterocycles. The summed E-state index contributed by atoms with van der Waals surface area (Å²) in [6.07, 6.45) is 1.02. The molecule has 2 N–H and O–H groups in total. The maximum Gasteiger partial charge on any atom is 0.264 e. The van der Waals surface area contributed by atoms with E-state index in [1.54, 1.807) is 31.2 Å². The summed E-state index contributed by atoms with van der Waals surface area (Å²) in [7, 11) is -4.08. The van der Waals surface area contributed by atoms with Crippen molar-refractivity contribution in [2.75, 3.05) is 10.8 Å². The number of benzene rings is 3. The average Bonchev–Trinajstić information content (AvgIpc) is 3.19. The second-order valence-corrected chi connectivity index (χ2v) is 10.7. The molecule has 2 atom stereocenters. The highest BCUT2D eigenvalue weighted by atomic mass is 32.2. The number of carbonyl (C=O) groups is 2. The standard InChI is InChI=1S/C26H24FN3O4S/c1-16-14-18-7-3-5-9-23(18)30(16)35(33,34)19-10-11-22(27)21(15-19)26(32)29-13-12-17-6-2-4-8-20(17)24(29)25(28)31/h2-11,15-16,24H,12-14H2,1H3,(H2,28,31). The Morgan fingerprint density at radius 1 is 1.00 bits per heavy atom. The lowest BCUT2D eigenvalue weighted by molar-refractivity contribution is -0.123. The second kappa shape index (κ2) is 8.49. The van der Waals surface area contributed by atoms with Crippen LogP contribution in [0.3, 0.4) is 0 Å². The molecule has 2 aliphatic rings. The minimum absolute atomic E-state index is 0.149. The Balaban J connectivity index is 1.54. The molecular formula is C26H24FN3O4S. The van der Waals surface area contributed by atoms with E-state index in [0.717, 1.165) is 29.3 Å². The predicted octanol–water partition coefficient (Wildman–Crippen LogP) is 3.19. The van der Waals surface area contributed by atoms with Gasteiger partial charge in [-0.15, -0.1) is 0 Å². The van der Waals surface area contributed by atoms with Crippen molar-refractivity contribution >= 4 is 27.5 Å². The Bertz CT molecular complexity index is 1460. The fourth-order valence-electron chi connectivity index (χ4n) is 5.09. The van der Waals surface area contributed by atoms with Crippen LogP contribution in [0.1, 0.15) is 40.0 Å². The third-order valence-electron chi connectivity index (χ3n) is 6.68. The van der Waals surface area contributed by atoms with E-state index in [9.17, 15) is 22.4 Å². The van der Waals surface area contributed by atoms with Crippen LogP contribution in [0.5, 0.6) is 0 Å². The molecule has 0 saturated carbocycles. The van der Waals surface area contributed by atoms with Gasteiger partial charge in [0.1, 0.15) is 11.9 Å². The Morgan fingerprint density at radius 2 is 1.69 bits per heavy atom. The number of carbonyl (C=O) groups excluding carboxylic acids is 2. The molecule has 9 heteroatoms. The van der Waals surface area contributed by atoms with Crippen molar-refractivity contribution in [1.29, 1.82) is 0 Å². The third kappa shape index (κ3) is 3.76. The number of fused-ring (bicyclic) bond motifs is 2. The zero-order valence-electron chi connectivity index (χ0n) is 19.0. The fourth-order valence-corrected chi connectivity index (χ4v) is 6.81. The Kier molecular flexibility index (Phi) is 5.59. The van der Waals surface area contributed by atoms with Crippen molar-refractivity contribution in [3.8, 4) is 0 Å². The number of anilines is 1. The minimum atomic E-state index is -4.08. The van der Waals surface area contributed by atoms with Crippen LogP contribution in [-0.4, -0.2) is 37.7 Å². The van der Waals surface area contributed by atoms with Crippen LogP contribution in [0.2, 0.25) is 0 Å². The zero-order chi connectivity index (χ0) is 24.9. The van der Waals surface area contributed by atoms with Gasteiger partial charge in [0.25, 0.3) is 15.9 Å². The van der Waals surface area contributed by atoms with Gasteiger partial charge in [-0.05, 0) is 60.7 Å². The predicted molar refractivity (Wildman–Crippen MR) is 129 cm³/mol. The minimum Gasteiger partial charge on any atom is -0.368 e. The molecule has 0 aliphatic carbocycles. The summed E-state index contributed by atoms with van der Waals surface area (Å²) in [5, 5.41) is 0. The number of para-hydroxylation sites is 1. The lowest BCUT2D eigenvalue weighted by Gasteiger charge is -2.35. The van der Waals surface area contributed by atoms with E-state index < -0.39 is 39.3 Å². The molecule has 2 unspecified atom stereocenters. The summed E-state index contributed by atoms with van der Waals surface area (Å²) in [4.78, 5) is 26.8. The van der Waals surface area contributed by atoms with E-state index in [-0.39, 0.29) is 17.5 Å². The van der Waals surface area contributed by atoms with Gasteiger partial charge in [-0.2, -0.15) is 0 Å². The molecule has 0 spiro atoms. The number of amides is 2. The summed E-state index contributed by atoms with van der Waals surface area (Å²) >= 11 is 0. The number of halogens is 1. The van der Waals surface area contributed by atoms with Crippen LogP contribution in [0, 0.1) is 5.82 Å². The van der Waals surface area contributed by atoms with Gasteiger partial charge in [-0.25, -0.2) is 12.8 Å². The third-order valence-corrected chi connectivity index (χ3v) is 8.61. The first-order chi connectivity index (χ1) is 16.7. The van der Waals surface area contributed by atoms with Crippen LogP contribution in [0.15, 0.2) is 71.6 Å². The Hall–Kier alpha value is -3.72. The van der Waals surface area contributed by atoms with Crippen molar-refractivity contribution in [3.05, 3.63) is 94.8 Å². The van der Waals surface area contributed by atoms with E-state index in [1.807, 2.05) is 24.3 Å². The van der Waals surface area contributed by atoms with Gasteiger partial charge in [0.2, 0.25) is 5.91 Å². The average molecular weight is 494 g/mol. The first-order valence-corrected chi connectivity index (χ1v) is 12.7. The topological polar surface area (TPSA) is 101 Å². The van der Waals surface area contributed by atoms with E-state index >= 15 is 0 Å². The molecule has 2 amide bonds. The smallest absolute Gasteiger partial charge is 0.264 e. The quantitative estimate of drug-likeness (QED) is 0.603. The maximum atomic E-state index is 14.9. The van der Waals surface area contributed by atoms with Gasteiger partial charge in [-0.1, -0.05) is 42.5 Å². The molecule has 0 bridgehead atoms. The Morgan fingerprint density at radius 3 is 2.43 bits per heavy atom. The van der Waals surface area contributed by atoms with Crippen LogP contribution < -0.4 is 10.0 Å². The molecule has 5 rings (SSSR count). The normalized spacial score (nSPS) is 19.3. The van der Waals surface area contributed by atoms with Crippen molar-refractivity contribution in [3.63, 3.8) is 0 Å². The molecule has 7 nitrogen and oxygen atoms in total. The molecule has 180 valence electrons. The number of nitrogens with two attached hydrogens (primary N) is 1. The largest absolute Gasteiger partial charge is 0.368 e. The first kappa shape index (κ1) is 23.0. The van der Waals surface area contributed by atoms with E-state index in [2.05, 4.69) is 0 Å². The zero-order valence-corrected chi connectivity index (χ0v) is 19.8. The maximum absolute atomic E-state index is 14.9. The highest BCUT2D eigenvalue weighted by Gasteiger charge is 2.38. The molecule has 3 aromatic carbocycles. The summed E-state index contributed by atoms with van der Waals surface area (Å²) < 4.78 is 43.4. The molecule has 0 fully saturated rings. The van der Waals surface area contributed by atoms with Gasteiger partial charge in [-0.3, -0.25) is 13.9 Å². The molecule has 0 radical (unpaired) electrons. The van der Waals surface area contributed by atoms with Gasteiger partial charge in [0, 0.05) is 12.6 Å². The van der Waals surface area contributed by atoms with Gasteiger partial charge < -0.3 is 10.6 Å². The lowest BCUT2D eigenvalue weighted by Crippen LogP contribution is -2.46. The number of hydrogen-bond acceptors (Lipinski definition) is 4. The number of rotatable bonds is 4. The molecule has 0 aromatic heterocycles. The highest BCUT2D eigenvalue weighted by molar-refractivity contribution is 7.92. The lowest BCUT2D eigenvalue weighted by atomic mass is 9.91. The summed E-state index contributed by atoms with van der Waals surface area (Å²) in [6.45, 7) is 1.95. The monoisotopic (exact) mass is 493 g/mol. The SMILES string of the molecule is CC1Cc2ccccc2N1S(=O)(=O)c1ccc(F)c(C(=O)N2CCc3ccccc3C2C(N)=O)c1. The van der Waals surface area contributed by atoms with Crippen molar-refractivity contribution < 1.29 is 22.4 Å². The van der Waals surface area contributed by atoms with Crippen molar-refractivity contribution in [2.24, 2.45) is 5.73 Å². The molecular weight excluding hydrogens is 469 g/mol. The van der Waals surface area contributed by atoms with Gasteiger partial charge >= 0.3 is 0 Å². The van der Waals surface area contributed by atoms with E-state index in [0.29, 0.717) is 24.1 Å². The summed E-state index contributed by atoms with van der Waals surface area (Å²) in [6, 6.07) is 16.1. The summed E-state index contributed by atoms with van der Waals surface area (Å²) in [5.74, 6) is -2.39. The van der Waals surface area contributed by atoms with Gasteiger partial charge in [0.05, 0.1) is 16.1 Å². The first-order valence-electron chi connectivity index (χ1n) is 11.3. The number of nitrogens with zero attached hydrogens (tertiary/aromatic N) is 2.